The Morgan fingerprint density at radius 3 is 2.50 bits per heavy atom. The fourth-order valence-electron chi connectivity index (χ4n) is 7.78. The summed E-state index contributed by atoms with van der Waals surface area (Å²) >= 11 is 0. The molecule has 7 rings (SSSR count). The Hall–Kier alpha value is -3.07. The molecule has 5 unspecified atom stereocenters. The van der Waals surface area contributed by atoms with Gasteiger partial charge in [0.1, 0.15) is 0 Å². The molecule has 2 aliphatic heterocycles. The van der Waals surface area contributed by atoms with E-state index in [-0.39, 0.29) is 11.9 Å². The molecule has 4 heterocycles. The zero-order valence-electron chi connectivity index (χ0n) is 23.4. The van der Waals surface area contributed by atoms with Crippen molar-refractivity contribution < 1.29 is 4.39 Å². The van der Waals surface area contributed by atoms with Crippen LogP contribution >= 0.6 is 0 Å². The third-order valence-corrected chi connectivity index (χ3v) is 9.87. The number of hydrogen-bond acceptors (Lipinski definition) is 5. The fraction of sp³-hybridized carbons (Fsp3) is 0.613. The number of nitrogens with zero attached hydrogens (tertiary/aromatic N) is 4. The third kappa shape index (κ3) is 5.08. The van der Waals surface area contributed by atoms with Crippen molar-refractivity contribution in [3.63, 3.8) is 0 Å². The lowest BCUT2D eigenvalue weighted by Gasteiger charge is -2.50. The van der Waals surface area contributed by atoms with Crippen molar-refractivity contribution >= 4 is 11.0 Å². The van der Waals surface area contributed by atoms with Crippen molar-refractivity contribution in [1.29, 1.82) is 0 Å². The Labute approximate surface area is 233 Å². The maximum absolute atomic E-state index is 14.2. The number of halogens is 1. The molecular formula is C31H40FN5O3. The molecule has 9 heteroatoms. The molecule has 2 saturated carbocycles. The highest BCUT2D eigenvalue weighted by atomic mass is 19.1. The van der Waals surface area contributed by atoms with Gasteiger partial charge in [0.25, 0.3) is 11.1 Å². The number of H-pyrrole nitrogens is 1. The molecule has 8 nitrogen and oxygen atoms in total. The number of benzene rings is 1. The van der Waals surface area contributed by atoms with E-state index in [1.54, 1.807) is 0 Å². The number of nitrogens with one attached hydrogen (secondary N) is 1. The average Bonchev–Trinajstić information content (AvgIpc) is 2.91. The SMILES string of the molecule is CCC1CCCCCC(N2CC3CCCCC2CC3n2c(=O)c(-n3cc(F)c(=O)[nH]c3=O)nc3ccccc32)C1. The Bertz CT molecular complexity index is 1540. The first-order valence-electron chi connectivity index (χ1n) is 15.2. The molecule has 0 radical (unpaired) electrons. The molecule has 0 amide bonds. The van der Waals surface area contributed by atoms with Gasteiger partial charge in [-0.2, -0.15) is 4.39 Å². The largest absolute Gasteiger partial charge is 0.334 e. The highest BCUT2D eigenvalue weighted by Crippen LogP contribution is 2.42. The minimum atomic E-state index is -1.13. The molecule has 40 heavy (non-hydrogen) atoms. The van der Waals surface area contributed by atoms with Gasteiger partial charge < -0.3 is 4.57 Å². The highest BCUT2D eigenvalue weighted by Gasteiger charge is 2.41. The molecule has 0 spiro atoms. The van der Waals surface area contributed by atoms with Crippen molar-refractivity contribution in [1.82, 2.24) is 24.0 Å². The Balaban J connectivity index is 1.43. The van der Waals surface area contributed by atoms with Crippen LogP contribution in [0.5, 0.6) is 0 Å². The standard InChI is InChI=1S/C31H40FN5O3/c1-2-20-10-4-3-5-12-22(16-20)35-18-21-11-6-7-13-23(35)17-27(21)37-26-15-9-8-14-25(26)33-28(30(37)39)36-19-24(32)29(38)34-31(36)40/h8-9,14-15,19-23,27H,2-7,10-13,16-18H2,1H3,(H,34,38,40). The van der Waals surface area contributed by atoms with Crippen LogP contribution in [0.25, 0.3) is 16.9 Å². The van der Waals surface area contributed by atoms with Gasteiger partial charge in [-0.1, -0.05) is 64.0 Å². The van der Waals surface area contributed by atoms with Gasteiger partial charge in [-0.05, 0) is 56.1 Å². The Morgan fingerprint density at radius 2 is 1.68 bits per heavy atom. The number of fused-ring (bicyclic) bond motifs is 6. The van der Waals surface area contributed by atoms with Gasteiger partial charge in [0, 0.05) is 24.7 Å². The normalized spacial score (nSPS) is 28.1. The number of aromatic nitrogens is 4. The van der Waals surface area contributed by atoms with E-state index >= 15 is 0 Å². The van der Waals surface area contributed by atoms with E-state index in [0.29, 0.717) is 23.5 Å². The molecule has 5 atom stereocenters. The second kappa shape index (κ2) is 11.4. The van der Waals surface area contributed by atoms with Crippen molar-refractivity contribution in [3.8, 4) is 5.82 Å². The minimum Gasteiger partial charge on any atom is -0.300 e. The van der Waals surface area contributed by atoms with Crippen LogP contribution in [0.3, 0.4) is 0 Å². The number of para-hydroxylation sites is 2. The number of piperidine rings is 1. The second-order valence-corrected chi connectivity index (χ2v) is 12.2. The monoisotopic (exact) mass is 549 g/mol. The van der Waals surface area contributed by atoms with E-state index in [1.165, 1.54) is 51.4 Å². The highest BCUT2D eigenvalue weighted by molar-refractivity contribution is 5.75. The van der Waals surface area contributed by atoms with Crippen LogP contribution in [0, 0.1) is 17.7 Å². The van der Waals surface area contributed by atoms with Crippen molar-refractivity contribution in [2.75, 3.05) is 6.54 Å². The van der Waals surface area contributed by atoms with E-state index in [9.17, 15) is 18.8 Å². The lowest BCUT2D eigenvalue weighted by molar-refractivity contribution is -0.00209. The van der Waals surface area contributed by atoms with E-state index < -0.39 is 22.6 Å². The van der Waals surface area contributed by atoms with Gasteiger partial charge in [-0.15, -0.1) is 0 Å². The topological polar surface area (TPSA) is 93.0 Å². The summed E-state index contributed by atoms with van der Waals surface area (Å²) in [5.41, 5.74) is -1.12. The van der Waals surface area contributed by atoms with Gasteiger partial charge in [-0.25, -0.2) is 14.3 Å². The molecular weight excluding hydrogens is 509 g/mol. The molecule has 214 valence electrons. The molecule has 4 fully saturated rings. The van der Waals surface area contributed by atoms with Crippen LogP contribution in [0.2, 0.25) is 0 Å². The molecule has 1 aromatic carbocycles. The van der Waals surface area contributed by atoms with Gasteiger partial charge in [0.05, 0.1) is 17.2 Å². The summed E-state index contributed by atoms with van der Waals surface area (Å²) in [6, 6.07) is 8.43. The summed E-state index contributed by atoms with van der Waals surface area (Å²) in [6.45, 7) is 3.30. The van der Waals surface area contributed by atoms with Crippen molar-refractivity contribution in [2.24, 2.45) is 11.8 Å². The summed E-state index contributed by atoms with van der Waals surface area (Å²) in [7, 11) is 0. The first kappa shape index (κ1) is 27.1. The van der Waals surface area contributed by atoms with Gasteiger partial charge in [0.2, 0.25) is 11.6 Å². The van der Waals surface area contributed by atoms with Gasteiger partial charge in [-0.3, -0.25) is 19.5 Å². The lowest BCUT2D eigenvalue weighted by atomic mass is 9.76. The lowest BCUT2D eigenvalue weighted by Crippen LogP contribution is -2.54. The minimum absolute atomic E-state index is 0.0421. The molecule has 2 aromatic heterocycles. The van der Waals surface area contributed by atoms with Crippen LogP contribution < -0.4 is 16.8 Å². The van der Waals surface area contributed by atoms with Crippen LogP contribution in [0.15, 0.2) is 44.8 Å². The fourth-order valence-corrected chi connectivity index (χ4v) is 7.78. The zero-order valence-corrected chi connectivity index (χ0v) is 23.4. The molecule has 3 aromatic rings. The zero-order chi connectivity index (χ0) is 27.8. The second-order valence-electron chi connectivity index (χ2n) is 12.2. The average molecular weight is 550 g/mol. The molecule has 2 aliphatic carbocycles. The molecule has 4 aliphatic rings. The van der Waals surface area contributed by atoms with Gasteiger partial charge >= 0.3 is 5.69 Å². The van der Waals surface area contributed by atoms with Crippen LogP contribution in [0.1, 0.15) is 90.0 Å². The maximum Gasteiger partial charge on any atom is 0.334 e. The first-order valence-corrected chi connectivity index (χ1v) is 15.2. The van der Waals surface area contributed by atoms with E-state index in [1.807, 2.05) is 33.8 Å². The summed E-state index contributed by atoms with van der Waals surface area (Å²) in [4.78, 5) is 47.8. The summed E-state index contributed by atoms with van der Waals surface area (Å²) in [5, 5.41) is 0. The number of aromatic amines is 1. The molecule has 2 saturated heterocycles. The van der Waals surface area contributed by atoms with Crippen LogP contribution in [-0.4, -0.2) is 42.6 Å². The molecule has 2 bridgehead atoms. The number of rotatable bonds is 4. The number of hydrogen-bond donors (Lipinski definition) is 1. The maximum atomic E-state index is 14.2. The van der Waals surface area contributed by atoms with Crippen molar-refractivity contribution in [3.05, 3.63) is 67.5 Å². The van der Waals surface area contributed by atoms with E-state index in [2.05, 4.69) is 16.8 Å². The smallest absolute Gasteiger partial charge is 0.300 e. The van der Waals surface area contributed by atoms with E-state index in [0.717, 1.165) is 54.4 Å². The van der Waals surface area contributed by atoms with Crippen molar-refractivity contribution in [2.45, 2.75) is 102 Å². The quantitative estimate of drug-likeness (QED) is 0.498. The predicted octanol–water partition coefficient (Wildman–Crippen LogP) is 4.93. The summed E-state index contributed by atoms with van der Waals surface area (Å²) < 4.78 is 16.9. The van der Waals surface area contributed by atoms with Crippen LogP contribution in [0.4, 0.5) is 4.39 Å². The summed E-state index contributed by atoms with van der Waals surface area (Å²) in [6.07, 6.45) is 15.2. The van der Waals surface area contributed by atoms with Crippen LogP contribution in [-0.2, 0) is 0 Å². The predicted molar refractivity (Wildman–Crippen MR) is 154 cm³/mol. The third-order valence-electron chi connectivity index (χ3n) is 9.87. The Morgan fingerprint density at radius 1 is 0.950 bits per heavy atom. The first-order chi connectivity index (χ1) is 19.4. The van der Waals surface area contributed by atoms with E-state index in [4.69, 9.17) is 0 Å². The molecule has 1 N–H and O–H groups in total. The Kier molecular flexibility index (Phi) is 7.75. The summed E-state index contributed by atoms with van der Waals surface area (Å²) in [5.74, 6) is -0.233. The van der Waals surface area contributed by atoms with Gasteiger partial charge in [0.15, 0.2) is 0 Å².